The third-order valence-corrected chi connectivity index (χ3v) is 12.1. The molecule has 280 valence electrons. The maximum atomic E-state index is 14.4. The van der Waals surface area contributed by atoms with Gasteiger partial charge in [-0.15, -0.1) is 0 Å². The van der Waals surface area contributed by atoms with Gasteiger partial charge >= 0.3 is 23.6 Å². The number of benzene rings is 3. The number of hydrogen-bond donors (Lipinski definition) is 1. The lowest BCUT2D eigenvalue weighted by Gasteiger charge is -2.46. The number of carbonyl (C=O) groups excluding carboxylic acids is 4. The Balaban J connectivity index is 1.13. The topological polar surface area (TPSA) is 93.3 Å². The van der Waals surface area contributed by atoms with Gasteiger partial charge in [0, 0.05) is 44.8 Å². The highest BCUT2D eigenvalue weighted by Gasteiger charge is 2.44. The zero-order valence-corrected chi connectivity index (χ0v) is 31.0. The number of hydrogen-bond acceptors (Lipinski definition) is 5. The first-order valence-electron chi connectivity index (χ1n) is 20.0. The summed E-state index contributed by atoms with van der Waals surface area (Å²) in [6, 6.07) is 30.3. The molecule has 7 rings (SSSR count). The summed E-state index contributed by atoms with van der Waals surface area (Å²) in [5.41, 5.74) is 3.42. The van der Waals surface area contributed by atoms with E-state index in [2.05, 4.69) is 46.6 Å². The van der Waals surface area contributed by atoms with Crippen LogP contribution < -0.4 is 5.32 Å². The molecule has 0 spiro atoms. The van der Waals surface area contributed by atoms with Gasteiger partial charge in [0.05, 0.1) is 12.1 Å². The number of nitrogens with one attached hydrogen (secondary N) is 1. The molecule has 0 unspecified atom stereocenters. The van der Waals surface area contributed by atoms with E-state index >= 15 is 0 Å². The van der Waals surface area contributed by atoms with Crippen molar-refractivity contribution in [2.24, 2.45) is 5.92 Å². The minimum atomic E-state index is -0.545. The van der Waals surface area contributed by atoms with Gasteiger partial charge < -0.3 is 20.0 Å². The largest absolute Gasteiger partial charge is 0.346 e. The fraction of sp³-hybridized carbons (Fsp3) is 0.500. The molecule has 0 radical (unpaired) electrons. The third kappa shape index (κ3) is 9.18. The lowest BCUT2D eigenvalue weighted by atomic mass is 9.94. The number of rotatable bonds is 13. The molecule has 0 aromatic heterocycles. The van der Waals surface area contributed by atoms with E-state index in [-0.39, 0.29) is 30.1 Å². The maximum Gasteiger partial charge on any atom is 0.312 e. The lowest BCUT2D eigenvalue weighted by molar-refractivity contribution is -0.162. The van der Waals surface area contributed by atoms with Crippen molar-refractivity contribution in [2.45, 2.75) is 94.8 Å². The van der Waals surface area contributed by atoms with Crippen LogP contribution in [0.25, 0.3) is 0 Å². The number of nitrogens with zero attached hydrogens (tertiary/aromatic N) is 4. The summed E-state index contributed by atoms with van der Waals surface area (Å²) in [5.74, 6) is -1.36. The van der Waals surface area contributed by atoms with Crippen LogP contribution in [0.4, 0.5) is 0 Å². The first-order chi connectivity index (χ1) is 25.9. The van der Waals surface area contributed by atoms with Crippen LogP contribution in [0.1, 0.15) is 68.1 Å². The molecule has 3 aliphatic heterocycles. The second-order valence-electron chi connectivity index (χ2n) is 15.8. The van der Waals surface area contributed by atoms with E-state index in [0.717, 1.165) is 43.4 Å². The molecular weight excluding hydrogens is 663 g/mol. The van der Waals surface area contributed by atoms with Gasteiger partial charge in [-0.2, -0.15) is 0 Å². The monoisotopic (exact) mass is 717 g/mol. The Labute approximate surface area is 314 Å². The SMILES string of the molecule is O=C1NC[C@H](Cc2ccccc2)N(C[C@H]2CCCN2C[C@H](Cc2ccccc2)N2C[C@H](Cc3ccccc3)N(CC3CCCCCC3)C(=O)C2=O)C1=O. The molecule has 3 saturated heterocycles. The molecule has 1 aliphatic carbocycles. The number of likely N-dealkylation sites (tertiary alicyclic amines) is 1. The van der Waals surface area contributed by atoms with Crippen LogP contribution in [0, 0.1) is 5.92 Å². The van der Waals surface area contributed by atoms with Crippen LogP contribution in [-0.4, -0.2) is 107 Å². The van der Waals surface area contributed by atoms with Gasteiger partial charge in [0.25, 0.3) is 0 Å². The summed E-state index contributed by atoms with van der Waals surface area (Å²) in [4.78, 5) is 62.7. The summed E-state index contributed by atoms with van der Waals surface area (Å²) in [6.45, 7) is 3.45. The van der Waals surface area contributed by atoms with Gasteiger partial charge in [-0.3, -0.25) is 24.1 Å². The predicted octanol–water partition coefficient (Wildman–Crippen LogP) is 4.88. The van der Waals surface area contributed by atoms with E-state index in [1.807, 2.05) is 64.4 Å². The second kappa shape index (κ2) is 17.5. The van der Waals surface area contributed by atoms with Crippen LogP contribution in [0.15, 0.2) is 91.0 Å². The summed E-state index contributed by atoms with van der Waals surface area (Å²) >= 11 is 0. The van der Waals surface area contributed by atoms with E-state index in [1.54, 1.807) is 4.90 Å². The van der Waals surface area contributed by atoms with Gasteiger partial charge in [-0.05, 0) is 74.1 Å². The molecule has 1 saturated carbocycles. The molecule has 4 fully saturated rings. The Hall–Kier alpha value is -4.50. The Bertz CT molecular complexity index is 1680. The summed E-state index contributed by atoms with van der Waals surface area (Å²) < 4.78 is 0. The Morgan fingerprint density at radius 3 is 1.81 bits per heavy atom. The van der Waals surface area contributed by atoms with E-state index in [9.17, 15) is 19.2 Å². The van der Waals surface area contributed by atoms with Crippen molar-refractivity contribution in [1.29, 1.82) is 0 Å². The van der Waals surface area contributed by atoms with Gasteiger partial charge in [0.15, 0.2) is 0 Å². The van der Waals surface area contributed by atoms with E-state index in [1.165, 1.54) is 31.2 Å². The van der Waals surface area contributed by atoms with Gasteiger partial charge in [0.1, 0.15) is 0 Å². The normalized spacial score (nSPS) is 24.0. The summed E-state index contributed by atoms with van der Waals surface area (Å²) in [6.07, 6.45) is 11.0. The molecule has 0 bridgehead atoms. The first kappa shape index (κ1) is 36.8. The van der Waals surface area contributed by atoms with Crippen LogP contribution >= 0.6 is 0 Å². The quantitative estimate of drug-likeness (QED) is 0.201. The van der Waals surface area contributed by atoms with Crippen molar-refractivity contribution in [1.82, 2.24) is 24.9 Å². The molecule has 3 aromatic carbocycles. The molecule has 53 heavy (non-hydrogen) atoms. The molecule has 4 amide bonds. The molecule has 4 aliphatic rings. The molecule has 3 heterocycles. The van der Waals surface area contributed by atoms with Crippen molar-refractivity contribution in [3.8, 4) is 0 Å². The average molecular weight is 718 g/mol. The van der Waals surface area contributed by atoms with Crippen molar-refractivity contribution in [2.75, 3.05) is 39.3 Å². The van der Waals surface area contributed by atoms with Gasteiger partial charge in [0.2, 0.25) is 0 Å². The third-order valence-electron chi connectivity index (χ3n) is 12.1. The average Bonchev–Trinajstić information content (AvgIpc) is 3.45. The summed E-state index contributed by atoms with van der Waals surface area (Å²) in [7, 11) is 0. The van der Waals surface area contributed by atoms with Crippen molar-refractivity contribution < 1.29 is 19.2 Å². The van der Waals surface area contributed by atoms with E-state index in [0.29, 0.717) is 57.9 Å². The van der Waals surface area contributed by atoms with E-state index < -0.39 is 17.7 Å². The Morgan fingerprint density at radius 1 is 0.585 bits per heavy atom. The minimum absolute atomic E-state index is 0.0452. The molecule has 3 aromatic rings. The van der Waals surface area contributed by atoms with Gasteiger partial charge in [-0.1, -0.05) is 117 Å². The highest BCUT2D eigenvalue weighted by Crippen LogP contribution is 2.29. The molecule has 4 atom stereocenters. The smallest absolute Gasteiger partial charge is 0.312 e. The van der Waals surface area contributed by atoms with Crippen molar-refractivity contribution in [3.63, 3.8) is 0 Å². The minimum Gasteiger partial charge on any atom is -0.346 e. The Kier molecular flexibility index (Phi) is 12.2. The second-order valence-corrected chi connectivity index (χ2v) is 15.8. The molecule has 1 N–H and O–H groups in total. The van der Waals surface area contributed by atoms with Crippen LogP contribution in [-0.2, 0) is 38.4 Å². The van der Waals surface area contributed by atoms with Crippen molar-refractivity contribution in [3.05, 3.63) is 108 Å². The lowest BCUT2D eigenvalue weighted by Crippen LogP contribution is -2.65. The zero-order chi connectivity index (χ0) is 36.6. The number of carbonyl (C=O) groups is 4. The molecule has 9 heteroatoms. The molecular formula is C44H55N5O4. The van der Waals surface area contributed by atoms with Crippen LogP contribution in [0.2, 0.25) is 0 Å². The Morgan fingerprint density at radius 2 is 1.17 bits per heavy atom. The van der Waals surface area contributed by atoms with Crippen LogP contribution in [0.5, 0.6) is 0 Å². The van der Waals surface area contributed by atoms with Gasteiger partial charge in [-0.25, -0.2) is 0 Å². The highest BCUT2D eigenvalue weighted by molar-refractivity contribution is 6.36. The van der Waals surface area contributed by atoms with Crippen LogP contribution in [0.3, 0.4) is 0 Å². The van der Waals surface area contributed by atoms with Crippen molar-refractivity contribution >= 4 is 23.6 Å². The van der Waals surface area contributed by atoms with E-state index in [4.69, 9.17) is 0 Å². The fourth-order valence-corrected chi connectivity index (χ4v) is 9.25. The highest BCUT2D eigenvalue weighted by atomic mass is 16.2. The number of amides is 4. The maximum absolute atomic E-state index is 14.4. The standard InChI is InChI=1S/C44H55N5O4/c50-41-42(51)48(38(28-45-41)25-33-15-8-3-9-16-33)31-37-23-14-24-46(37)30-39(26-34-17-10-4-11-18-34)49-32-40(27-35-19-12-5-13-20-35)47(43(52)44(49)53)29-36-21-6-1-2-7-22-36/h3-5,8-13,15-20,36-40H,1-2,6-7,14,21-32H2,(H,45,50)/t37-,38+,39+,40+/m1/s1. The summed E-state index contributed by atoms with van der Waals surface area (Å²) in [5, 5.41) is 2.81. The first-order valence-corrected chi connectivity index (χ1v) is 20.0. The number of piperazine rings is 2. The molecule has 9 nitrogen and oxygen atoms in total. The predicted molar refractivity (Wildman–Crippen MR) is 206 cm³/mol. The zero-order valence-electron chi connectivity index (χ0n) is 31.0. The fourth-order valence-electron chi connectivity index (χ4n) is 9.25.